The van der Waals surface area contributed by atoms with Crippen molar-refractivity contribution in [2.24, 2.45) is 5.73 Å². The van der Waals surface area contributed by atoms with Gasteiger partial charge in [0.1, 0.15) is 0 Å². The van der Waals surface area contributed by atoms with E-state index in [4.69, 9.17) is 10.5 Å². The summed E-state index contributed by atoms with van der Waals surface area (Å²) in [5.41, 5.74) is 5.82. The molecule has 0 fully saturated rings. The van der Waals surface area contributed by atoms with Crippen LogP contribution in [0.5, 0.6) is 0 Å². The molecule has 0 aromatic heterocycles. The van der Waals surface area contributed by atoms with Gasteiger partial charge in [-0.1, -0.05) is 13.8 Å². The molecule has 0 bridgehead atoms. The summed E-state index contributed by atoms with van der Waals surface area (Å²) < 4.78 is 4.96. The maximum Gasteiger partial charge on any atom is 0.234 e. The van der Waals surface area contributed by atoms with E-state index < -0.39 is 0 Å². The van der Waals surface area contributed by atoms with Gasteiger partial charge in [0.25, 0.3) is 0 Å². The van der Waals surface area contributed by atoms with Crippen molar-refractivity contribution in [1.82, 2.24) is 10.2 Å². The van der Waals surface area contributed by atoms with Gasteiger partial charge in [-0.25, -0.2) is 0 Å². The molecule has 17 heavy (non-hydrogen) atoms. The first-order chi connectivity index (χ1) is 8.03. The molecule has 5 heteroatoms. The zero-order valence-electron chi connectivity index (χ0n) is 11.5. The van der Waals surface area contributed by atoms with E-state index in [-0.39, 0.29) is 18.0 Å². The smallest absolute Gasteiger partial charge is 0.234 e. The second-order valence-electron chi connectivity index (χ2n) is 4.49. The number of amides is 1. The lowest BCUT2D eigenvalue weighted by atomic mass is 10.2. The number of nitrogens with two attached hydrogens (primary N) is 1. The van der Waals surface area contributed by atoms with Crippen molar-refractivity contribution in [3.8, 4) is 0 Å². The van der Waals surface area contributed by atoms with Gasteiger partial charge in [0.2, 0.25) is 5.91 Å². The minimum Gasteiger partial charge on any atom is -0.383 e. The van der Waals surface area contributed by atoms with Gasteiger partial charge in [-0.3, -0.25) is 9.69 Å². The van der Waals surface area contributed by atoms with E-state index in [1.807, 2.05) is 11.9 Å². The number of hydrogen-bond acceptors (Lipinski definition) is 4. The third kappa shape index (κ3) is 8.12. The third-order valence-electron chi connectivity index (χ3n) is 2.69. The highest BCUT2D eigenvalue weighted by Gasteiger charge is 2.12. The quantitative estimate of drug-likeness (QED) is 0.609. The van der Waals surface area contributed by atoms with Crippen molar-refractivity contribution in [2.75, 3.05) is 33.9 Å². The van der Waals surface area contributed by atoms with Gasteiger partial charge in [0.15, 0.2) is 0 Å². The Balaban J connectivity index is 3.86. The molecule has 0 radical (unpaired) electrons. The second-order valence-corrected chi connectivity index (χ2v) is 4.49. The highest BCUT2D eigenvalue weighted by Crippen LogP contribution is 1.96. The van der Waals surface area contributed by atoms with E-state index >= 15 is 0 Å². The summed E-state index contributed by atoms with van der Waals surface area (Å²) in [6.45, 7) is 5.70. The number of ether oxygens (including phenoxy) is 1. The summed E-state index contributed by atoms with van der Waals surface area (Å²) in [5.74, 6) is 0.0609. The van der Waals surface area contributed by atoms with Crippen molar-refractivity contribution in [3.05, 3.63) is 0 Å². The average molecular weight is 245 g/mol. The van der Waals surface area contributed by atoms with Crippen molar-refractivity contribution in [1.29, 1.82) is 0 Å². The molecule has 0 saturated carbocycles. The molecule has 0 spiro atoms. The zero-order chi connectivity index (χ0) is 13.3. The number of nitrogens with one attached hydrogen (secondary N) is 1. The number of carbonyl (C=O) groups excluding carboxylic acids is 1. The number of hydrogen-bond donors (Lipinski definition) is 2. The van der Waals surface area contributed by atoms with Crippen LogP contribution in [0.25, 0.3) is 0 Å². The summed E-state index contributed by atoms with van der Waals surface area (Å²) >= 11 is 0. The predicted octanol–water partition coefficient (Wildman–Crippen LogP) is 0.197. The van der Waals surface area contributed by atoms with Crippen LogP contribution in [0.15, 0.2) is 0 Å². The average Bonchev–Trinajstić information content (AvgIpc) is 2.25. The van der Waals surface area contributed by atoms with Crippen LogP contribution < -0.4 is 11.1 Å². The van der Waals surface area contributed by atoms with E-state index in [1.54, 1.807) is 7.11 Å². The van der Waals surface area contributed by atoms with Gasteiger partial charge in [-0.15, -0.1) is 0 Å². The fourth-order valence-electron chi connectivity index (χ4n) is 1.74. The van der Waals surface area contributed by atoms with Crippen LogP contribution in [0.1, 0.15) is 26.7 Å². The normalized spacial score (nSPS) is 13.1. The van der Waals surface area contributed by atoms with Crippen LogP contribution in [-0.2, 0) is 9.53 Å². The van der Waals surface area contributed by atoms with E-state index in [9.17, 15) is 4.79 Å². The zero-order valence-corrected chi connectivity index (χ0v) is 11.5. The largest absolute Gasteiger partial charge is 0.383 e. The van der Waals surface area contributed by atoms with Crippen LogP contribution >= 0.6 is 0 Å². The highest BCUT2D eigenvalue weighted by molar-refractivity contribution is 5.78. The van der Waals surface area contributed by atoms with Gasteiger partial charge < -0.3 is 15.8 Å². The van der Waals surface area contributed by atoms with Gasteiger partial charge in [0.05, 0.1) is 13.2 Å². The molecule has 0 saturated heterocycles. The molecule has 3 N–H and O–H groups in total. The fraction of sp³-hybridized carbons (Fsp3) is 0.917. The molecule has 1 atom stereocenters. The first-order valence-electron chi connectivity index (χ1n) is 6.25. The standard InChI is InChI=1S/C12H27N3O2/c1-5-11(6-2)14-12(16)8-15(3)7-10(13)9-17-4/h10-11H,5-9,13H2,1-4H3,(H,14,16). The Labute approximate surface area is 105 Å². The summed E-state index contributed by atoms with van der Waals surface area (Å²) in [5, 5.41) is 3.00. The van der Waals surface area contributed by atoms with Crippen LogP contribution in [-0.4, -0.2) is 56.7 Å². The fourth-order valence-corrected chi connectivity index (χ4v) is 1.74. The molecule has 0 heterocycles. The van der Waals surface area contributed by atoms with Crippen molar-refractivity contribution in [3.63, 3.8) is 0 Å². The molecule has 5 nitrogen and oxygen atoms in total. The van der Waals surface area contributed by atoms with Gasteiger partial charge in [0, 0.05) is 25.7 Å². The van der Waals surface area contributed by atoms with Crippen molar-refractivity contribution < 1.29 is 9.53 Å². The number of methoxy groups -OCH3 is 1. The Kier molecular flexibility index (Phi) is 9.03. The minimum atomic E-state index is -0.0500. The lowest BCUT2D eigenvalue weighted by Gasteiger charge is -2.22. The molecule has 0 aliphatic carbocycles. The summed E-state index contributed by atoms with van der Waals surface area (Å²) in [7, 11) is 3.52. The lowest BCUT2D eigenvalue weighted by Crippen LogP contribution is -2.45. The number of carbonyl (C=O) groups is 1. The molecular formula is C12H27N3O2. The van der Waals surface area contributed by atoms with Gasteiger partial charge in [-0.2, -0.15) is 0 Å². The monoisotopic (exact) mass is 245 g/mol. The molecule has 0 aromatic carbocycles. The maximum atomic E-state index is 11.7. The number of rotatable bonds is 9. The molecule has 0 aromatic rings. The van der Waals surface area contributed by atoms with Crippen molar-refractivity contribution in [2.45, 2.75) is 38.8 Å². The van der Waals surface area contributed by atoms with E-state index in [2.05, 4.69) is 19.2 Å². The SMILES string of the molecule is CCC(CC)NC(=O)CN(C)CC(N)COC. The Morgan fingerprint density at radius 3 is 2.47 bits per heavy atom. The molecular weight excluding hydrogens is 218 g/mol. The first-order valence-corrected chi connectivity index (χ1v) is 6.25. The lowest BCUT2D eigenvalue weighted by molar-refractivity contribution is -0.122. The number of likely N-dealkylation sites (N-methyl/N-ethyl adjacent to an activating group) is 1. The van der Waals surface area contributed by atoms with E-state index in [0.29, 0.717) is 19.7 Å². The van der Waals surface area contributed by atoms with Crippen molar-refractivity contribution >= 4 is 5.91 Å². The molecule has 1 amide bonds. The Morgan fingerprint density at radius 2 is 2.00 bits per heavy atom. The molecule has 1 unspecified atom stereocenters. The van der Waals surface area contributed by atoms with Crippen LogP contribution in [0, 0.1) is 0 Å². The minimum absolute atomic E-state index is 0.0500. The van der Waals surface area contributed by atoms with Crippen LogP contribution in [0.2, 0.25) is 0 Å². The molecule has 0 aliphatic heterocycles. The van der Waals surface area contributed by atoms with Crippen LogP contribution in [0.3, 0.4) is 0 Å². The van der Waals surface area contributed by atoms with Gasteiger partial charge >= 0.3 is 0 Å². The summed E-state index contributed by atoms with van der Waals surface area (Å²) in [6, 6.07) is 0.231. The maximum absolute atomic E-state index is 11.7. The first kappa shape index (κ1) is 16.4. The second kappa shape index (κ2) is 9.39. The van der Waals surface area contributed by atoms with E-state index in [0.717, 1.165) is 12.8 Å². The predicted molar refractivity (Wildman–Crippen MR) is 69.9 cm³/mol. The molecule has 0 rings (SSSR count). The Bertz CT molecular complexity index is 208. The summed E-state index contributed by atoms with van der Waals surface area (Å²) in [6.07, 6.45) is 1.93. The van der Waals surface area contributed by atoms with Crippen LogP contribution in [0.4, 0.5) is 0 Å². The van der Waals surface area contributed by atoms with E-state index in [1.165, 1.54) is 0 Å². The number of nitrogens with zero attached hydrogens (tertiary/aromatic N) is 1. The Morgan fingerprint density at radius 1 is 1.41 bits per heavy atom. The molecule has 0 aliphatic rings. The topological polar surface area (TPSA) is 67.6 Å². The molecule has 102 valence electrons. The van der Waals surface area contributed by atoms with Gasteiger partial charge in [-0.05, 0) is 19.9 Å². The summed E-state index contributed by atoms with van der Waals surface area (Å²) in [4.78, 5) is 13.6. The third-order valence-corrected chi connectivity index (χ3v) is 2.69. The Hall–Kier alpha value is -0.650. The highest BCUT2D eigenvalue weighted by atomic mass is 16.5.